The van der Waals surface area contributed by atoms with E-state index in [2.05, 4.69) is 6.07 Å². The van der Waals surface area contributed by atoms with Crippen LogP contribution in [-0.2, 0) is 37.1 Å². The van der Waals surface area contributed by atoms with E-state index in [-0.39, 0.29) is 37.0 Å². The molecule has 2 amide bonds. The largest absolute Gasteiger partial charge is 0.494 e. The van der Waals surface area contributed by atoms with Crippen LogP contribution in [0.25, 0.3) is 0 Å². The number of carbonyl (C=O) groups is 2. The molecule has 1 fully saturated rings. The van der Waals surface area contributed by atoms with Crippen LogP contribution in [0.1, 0.15) is 36.8 Å². The summed E-state index contributed by atoms with van der Waals surface area (Å²) in [4.78, 5) is 26.2. The molecule has 0 bridgehead atoms. The van der Waals surface area contributed by atoms with Crippen molar-refractivity contribution in [2.75, 3.05) is 33.0 Å². The fourth-order valence-corrected chi connectivity index (χ4v) is 6.50. The Balaban J connectivity index is 1.20. The first-order chi connectivity index (χ1) is 17.3. The number of ether oxygens (including phenoxy) is 3. The molecule has 0 spiro atoms. The van der Waals surface area contributed by atoms with Crippen LogP contribution < -0.4 is 10.5 Å². The zero-order valence-corrected chi connectivity index (χ0v) is 21.0. The Kier molecular flexibility index (Phi) is 8.15. The Morgan fingerprint density at radius 2 is 1.64 bits per heavy atom. The summed E-state index contributed by atoms with van der Waals surface area (Å²) in [6.45, 7) is 2.26. The number of nitrogens with two attached hydrogens (primary N) is 1. The summed E-state index contributed by atoms with van der Waals surface area (Å²) >= 11 is 0. The summed E-state index contributed by atoms with van der Waals surface area (Å²) in [6.07, 6.45) is 1.92. The minimum Gasteiger partial charge on any atom is -0.494 e. The number of benzene rings is 2. The zero-order chi connectivity index (χ0) is 25.6. The lowest BCUT2D eigenvalue weighted by atomic mass is 9.98. The number of sulfone groups is 1. The highest BCUT2D eigenvalue weighted by Crippen LogP contribution is 2.35. The second kappa shape index (κ2) is 11.3. The Morgan fingerprint density at radius 3 is 2.33 bits per heavy atom. The van der Waals surface area contributed by atoms with Crippen molar-refractivity contribution >= 4 is 21.8 Å². The van der Waals surface area contributed by atoms with Crippen LogP contribution in [0.15, 0.2) is 53.4 Å². The lowest BCUT2D eigenvalue weighted by Crippen LogP contribution is -2.53. The molecule has 1 saturated heterocycles. The Hall–Kier alpha value is -3.11. The third-order valence-electron chi connectivity index (χ3n) is 6.82. The van der Waals surface area contributed by atoms with Crippen LogP contribution >= 0.6 is 0 Å². The van der Waals surface area contributed by atoms with Crippen LogP contribution in [0.2, 0.25) is 0 Å². The third-order valence-corrected chi connectivity index (χ3v) is 9.35. The maximum absolute atomic E-state index is 13.2. The SMILES string of the molecule is NC(=O)C1(S(=O)(=O)c2ccc(OCCCCOC(=O)N3CCc4ccccc4C3)cc2)CCOCC1. The highest BCUT2D eigenvalue weighted by Gasteiger charge is 2.51. The second-order valence-electron chi connectivity index (χ2n) is 9.06. The van der Waals surface area contributed by atoms with Crippen LogP contribution in [0.4, 0.5) is 4.79 Å². The molecule has 4 rings (SSSR count). The number of rotatable bonds is 9. The van der Waals surface area contributed by atoms with Gasteiger partial charge in [-0.2, -0.15) is 0 Å². The van der Waals surface area contributed by atoms with Gasteiger partial charge in [-0.25, -0.2) is 13.2 Å². The molecule has 2 aromatic rings. The molecule has 36 heavy (non-hydrogen) atoms. The molecule has 194 valence electrons. The molecule has 0 aliphatic carbocycles. The minimum atomic E-state index is -3.97. The predicted molar refractivity (Wildman–Crippen MR) is 132 cm³/mol. The van der Waals surface area contributed by atoms with Crippen molar-refractivity contribution in [3.8, 4) is 5.75 Å². The molecule has 0 atom stereocenters. The molecule has 2 aromatic carbocycles. The van der Waals surface area contributed by atoms with Crippen molar-refractivity contribution in [3.05, 3.63) is 59.7 Å². The summed E-state index contributed by atoms with van der Waals surface area (Å²) < 4.78 is 41.0. The fourth-order valence-electron chi connectivity index (χ4n) is 4.59. The van der Waals surface area contributed by atoms with Gasteiger partial charge in [0.25, 0.3) is 0 Å². The molecule has 2 aliphatic heterocycles. The van der Waals surface area contributed by atoms with Crippen molar-refractivity contribution in [2.24, 2.45) is 5.73 Å². The van der Waals surface area contributed by atoms with Gasteiger partial charge in [-0.15, -0.1) is 0 Å². The van der Waals surface area contributed by atoms with Gasteiger partial charge in [0.05, 0.1) is 18.1 Å². The Morgan fingerprint density at radius 1 is 0.972 bits per heavy atom. The first-order valence-corrected chi connectivity index (χ1v) is 13.7. The van der Waals surface area contributed by atoms with Gasteiger partial charge in [0.2, 0.25) is 5.91 Å². The third kappa shape index (κ3) is 5.49. The first kappa shape index (κ1) is 26.0. The van der Waals surface area contributed by atoms with Crippen molar-refractivity contribution < 1.29 is 32.2 Å². The predicted octanol–water partition coefficient (Wildman–Crippen LogP) is 2.85. The fraction of sp³-hybridized carbons (Fsp3) is 0.462. The molecule has 2 N–H and O–H groups in total. The van der Waals surface area contributed by atoms with Crippen LogP contribution in [0, 0.1) is 0 Å². The van der Waals surface area contributed by atoms with Crippen molar-refractivity contribution in [3.63, 3.8) is 0 Å². The number of unbranched alkanes of at least 4 members (excludes halogenated alkanes) is 1. The maximum Gasteiger partial charge on any atom is 0.410 e. The van der Waals surface area contributed by atoms with Gasteiger partial charge in [-0.05, 0) is 67.5 Å². The Labute approximate surface area is 211 Å². The maximum atomic E-state index is 13.2. The van der Waals surface area contributed by atoms with Crippen molar-refractivity contribution in [1.82, 2.24) is 4.90 Å². The summed E-state index contributed by atoms with van der Waals surface area (Å²) in [5, 5.41) is 0. The smallest absolute Gasteiger partial charge is 0.410 e. The zero-order valence-electron chi connectivity index (χ0n) is 20.2. The molecule has 0 aromatic heterocycles. The normalized spacial score (nSPS) is 17.2. The van der Waals surface area contributed by atoms with E-state index in [9.17, 15) is 18.0 Å². The number of amides is 2. The Bertz CT molecular complexity index is 1180. The van der Waals surface area contributed by atoms with E-state index in [1.165, 1.54) is 17.7 Å². The summed E-state index contributed by atoms with van der Waals surface area (Å²) in [6, 6.07) is 14.1. The quantitative estimate of drug-likeness (QED) is 0.508. The standard InChI is InChI=1S/C26H32N2O7S/c27-24(29)26(12-17-33-18-13-26)36(31,32)23-9-7-22(8-10-23)34-15-3-4-16-35-25(30)28-14-11-20-5-1-2-6-21(20)19-28/h1-2,5-10H,3-4,11-19H2,(H2,27,29). The van der Waals surface area contributed by atoms with Gasteiger partial charge < -0.3 is 24.8 Å². The molecule has 0 unspecified atom stereocenters. The lowest BCUT2D eigenvalue weighted by molar-refractivity contribution is -0.122. The molecule has 9 nitrogen and oxygen atoms in total. The van der Waals surface area contributed by atoms with Gasteiger partial charge in [0.1, 0.15) is 5.75 Å². The van der Waals surface area contributed by atoms with E-state index < -0.39 is 20.5 Å². The topological polar surface area (TPSA) is 125 Å². The average molecular weight is 517 g/mol. The molecule has 0 radical (unpaired) electrons. The van der Waals surface area contributed by atoms with Gasteiger partial charge in [0.15, 0.2) is 14.6 Å². The summed E-state index contributed by atoms with van der Waals surface area (Å²) in [5.74, 6) is -0.338. The van der Waals surface area contributed by atoms with Crippen molar-refractivity contribution in [2.45, 2.75) is 48.3 Å². The van der Waals surface area contributed by atoms with Crippen LogP contribution in [-0.4, -0.2) is 63.0 Å². The summed E-state index contributed by atoms with van der Waals surface area (Å²) in [7, 11) is -3.97. The van der Waals surface area contributed by atoms with E-state index >= 15 is 0 Å². The van der Waals surface area contributed by atoms with Gasteiger partial charge in [-0.1, -0.05) is 24.3 Å². The number of fused-ring (bicyclic) bond motifs is 1. The first-order valence-electron chi connectivity index (χ1n) is 12.2. The molecular weight excluding hydrogens is 484 g/mol. The molecule has 0 saturated carbocycles. The summed E-state index contributed by atoms with van der Waals surface area (Å²) in [5.41, 5.74) is 7.94. The van der Waals surface area contributed by atoms with E-state index in [4.69, 9.17) is 19.9 Å². The van der Waals surface area contributed by atoms with Crippen LogP contribution in [0.3, 0.4) is 0 Å². The van der Waals surface area contributed by atoms with E-state index in [1.807, 2.05) is 18.2 Å². The number of nitrogens with zero attached hydrogens (tertiary/aromatic N) is 1. The van der Waals surface area contributed by atoms with Gasteiger partial charge in [-0.3, -0.25) is 4.79 Å². The minimum absolute atomic E-state index is 0.0304. The van der Waals surface area contributed by atoms with Crippen molar-refractivity contribution in [1.29, 1.82) is 0 Å². The average Bonchev–Trinajstić information content (AvgIpc) is 2.90. The number of hydrogen-bond acceptors (Lipinski definition) is 7. The number of hydrogen-bond donors (Lipinski definition) is 1. The molecular formula is C26H32N2O7S. The monoisotopic (exact) mass is 516 g/mol. The van der Waals surface area contributed by atoms with Crippen LogP contribution in [0.5, 0.6) is 5.75 Å². The molecule has 10 heteroatoms. The van der Waals surface area contributed by atoms with E-state index in [0.29, 0.717) is 44.9 Å². The highest BCUT2D eigenvalue weighted by atomic mass is 32.2. The second-order valence-corrected chi connectivity index (χ2v) is 11.3. The van der Waals surface area contributed by atoms with E-state index in [0.717, 1.165) is 12.0 Å². The lowest BCUT2D eigenvalue weighted by Gasteiger charge is -2.33. The highest BCUT2D eigenvalue weighted by molar-refractivity contribution is 7.93. The number of carbonyl (C=O) groups excluding carboxylic acids is 2. The van der Waals surface area contributed by atoms with Gasteiger partial charge >= 0.3 is 6.09 Å². The van der Waals surface area contributed by atoms with E-state index in [1.54, 1.807) is 17.0 Å². The van der Waals surface area contributed by atoms with Gasteiger partial charge in [0, 0.05) is 26.3 Å². The molecule has 2 aliphatic rings. The molecule has 2 heterocycles. The number of primary amides is 1.